The lowest BCUT2D eigenvalue weighted by molar-refractivity contribution is -0.137. The van der Waals surface area contributed by atoms with Crippen LogP contribution >= 0.6 is 0 Å². The molecule has 1 N–H and O–H groups in total. The lowest BCUT2D eigenvalue weighted by Gasteiger charge is -2.39. The van der Waals surface area contributed by atoms with Gasteiger partial charge in [0.2, 0.25) is 0 Å². The minimum Gasteiger partial charge on any atom is -0.378 e. The number of carbonyl (C=O) groups excluding carboxylic acids is 1. The number of morpholine rings is 1. The number of benzene rings is 1. The molecule has 2 unspecified atom stereocenters. The van der Waals surface area contributed by atoms with E-state index >= 15 is 0 Å². The number of ether oxygens (including phenoxy) is 1. The number of hydrogen-bond acceptors (Lipinski definition) is 3. The molecule has 0 saturated carbocycles. The highest BCUT2D eigenvalue weighted by atomic mass is 19.4. The molecule has 1 aromatic rings. The SMILES string of the molecule is Cc1ccc(C(F)(F)F)cc1C(=O)C1CC2COCC(C1)N2. The van der Waals surface area contributed by atoms with Crippen molar-refractivity contribution in [2.24, 2.45) is 5.92 Å². The van der Waals surface area contributed by atoms with Gasteiger partial charge in [-0.2, -0.15) is 13.2 Å². The minimum absolute atomic E-state index is 0.118. The summed E-state index contributed by atoms with van der Waals surface area (Å²) >= 11 is 0. The number of fused-ring (bicyclic) bond motifs is 2. The number of nitrogens with one attached hydrogen (secondary N) is 1. The van der Waals surface area contributed by atoms with Crippen LogP contribution in [0.4, 0.5) is 13.2 Å². The Morgan fingerprint density at radius 3 is 2.45 bits per heavy atom. The second kappa shape index (κ2) is 5.66. The molecule has 2 aliphatic rings. The fourth-order valence-corrected chi connectivity index (χ4v) is 3.34. The van der Waals surface area contributed by atoms with Gasteiger partial charge in [0.05, 0.1) is 18.8 Å². The van der Waals surface area contributed by atoms with Crippen LogP contribution in [0.1, 0.15) is 34.3 Å². The number of rotatable bonds is 2. The number of piperidine rings is 1. The highest BCUT2D eigenvalue weighted by Crippen LogP contribution is 2.33. The average molecular weight is 313 g/mol. The van der Waals surface area contributed by atoms with Gasteiger partial charge in [-0.05, 0) is 37.5 Å². The third-order valence-corrected chi connectivity index (χ3v) is 4.45. The van der Waals surface area contributed by atoms with E-state index in [4.69, 9.17) is 4.74 Å². The number of aryl methyl sites for hydroxylation is 1. The average Bonchev–Trinajstić information content (AvgIpc) is 2.45. The molecule has 2 aliphatic heterocycles. The molecular weight excluding hydrogens is 295 g/mol. The van der Waals surface area contributed by atoms with E-state index < -0.39 is 11.7 Å². The van der Waals surface area contributed by atoms with Crippen LogP contribution in [-0.4, -0.2) is 31.1 Å². The van der Waals surface area contributed by atoms with Crippen molar-refractivity contribution < 1.29 is 22.7 Å². The van der Waals surface area contributed by atoms with Gasteiger partial charge in [0.25, 0.3) is 0 Å². The van der Waals surface area contributed by atoms with Gasteiger partial charge in [0, 0.05) is 23.6 Å². The summed E-state index contributed by atoms with van der Waals surface area (Å²) in [6.45, 7) is 2.79. The first kappa shape index (κ1) is 15.5. The van der Waals surface area contributed by atoms with E-state index in [0.717, 1.165) is 12.1 Å². The second-order valence-electron chi connectivity index (χ2n) is 6.16. The molecule has 2 saturated heterocycles. The lowest BCUT2D eigenvalue weighted by atomic mass is 9.81. The Morgan fingerprint density at radius 2 is 1.86 bits per heavy atom. The van der Waals surface area contributed by atoms with E-state index in [0.29, 0.717) is 31.6 Å². The lowest BCUT2D eigenvalue weighted by Crippen LogP contribution is -2.55. The Labute approximate surface area is 126 Å². The van der Waals surface area contributed by atoms with Crippen molar-refractivity contribution in [3.63, 3.8) is 0 Å². The molecular formula is C16H18F3NO2. The molecule has 0 amide bonds. The van der Waals surface area contributed by atoms with Gasteiger partial charge >= 0.3 is 6.18 Å². The Kier molecular flexibility index (Phi) is 3.99. The van der Waals surface area contributed by atoms with E-state index in [1.807, 2.05) is 0 Å². The van der Waals surface area contributed by atoms with Crippen molar-refractivity contribution in [2.45, 2.75) is 38.0 Å². The summed E-state index contributed by atoms with van der Waals surface area (Å²) in [7, 11) is 0. The van der Waals surface area contributed by atoms with Crippen molar-refractivity contribution in [2.75, 3.05) is 13.2 Å². The van der Waals surface area contributed by atoms with Crippen molar-refractivity contribution in [3.05, 3.63) is 34.9 Å². The maximum atomic E-state index is 12.9. The number of halogens is 3. The molecule has 2 fully saturated rings. The summed E-state index contributed by atoms with van der Waals surface area (Å²) in [5.41, 5.74) is 0.0255. The van der Waals surface area contributed by atoms with Crippen LogP contribution in [0, 0.1) is 12.8 Å². The Morgan fingerprint density at radius 1 is 1.23 bits per heavy atom. The molecule has 22 heavy (non-hydrogen) atoms. The van der Waals surface area contributed by atoms with Gasteiger partial charge in [-0.25, -0.2) is 0 Å². The van der Waals surface area contributed by atoms with Crippen LogP contribution in [0.3, 0.4) is 0 Å². The third-order valence-electron chi connectivity index (χ3n) is 4.45. The van der Waals surface area contributed by atoms with Crippen LogP contribution in [0.5, 0.6) is 0 Å². The first-order valence-electron chi connectivity index (χ1n) is 7.40. The summed E-state index contributed by atoms with van der Waals surface area (Å²) in [5.74, 6) is -0.413. The maximum Gasteiger partial charge on any atom is 0.416 e. The topological polar surface area (TPSA) is 38.3 Å². The molecule has 3 nitrogen and oxygen atoms in total. The van der Waals surface area contributed by atoms with Gasteiger partial charge < -0.3 is 10.1 Å². The summed E-state index contributed by atoms with van der Waals surface area (Å²) in [6.07, 6.45) is -3.20. The molecule has 0 radical (unpaired) electrons. The fourth-order valence-electron chi connectivity index (χ4n) is 3.34. The van der Waals surface area contributed by atoms with Crippen LogP contribution in [0.15, 0.2) is 18.2 Å². The zero-order chi connectivity index (χ0) is 15.9. The van der Waals surface area contributed by atoms with Gasteiger partial charge in [-0.3, -0.25) is 4.79 Å². The van der Waals surface area contributed by atoms with Crippen molar-refractivity contribution in [1.82, 2.24) is 5.32 Å². The molecule has 0 aliphatic carbocycles. The molecule has 6 heteroatoms. The number of carbonyl (C=O) groups is 1. The van der Waals surface area contributed by atoms with Gasteiger partial charge in [0.15, 0.2) is 5.78 Å². The first-order valence-corrected chi connectivity index (χ1v) is 7.40. The molecule has 2 bridgehead atoms. The molecule has 0 aromatic heterocycles. The quantitative estimate of drug-likeness (QED) is 0.853. The predicted octanol–water partition coefficient (Wildman–Crippen LogP) is 2.96. The van der Waals surface area contributed by atoms with Gasteiger partial charge in [-0.15, -0.1) is 0 Å². The van der Waals surface area contributed by atoms with E-state index in [9.17, 15) is 18.0 Å². The van der Waals surface area contributed by atoms with Crippen LogP contribution < -0.4 is 5.32 Å². The normalized spacial score (nSPS) is 28.5. The fraction of sp³-hybridized carbons (Fsp3) is 0.562. The third kappa shape index (κ3) is 3.03. The van der Waals surface area contributed by atoms with Crippen molar-refractivity contribution in [3.8, 4) is 0 Å². The van der Waals surface area contributed by atoms with Gasteiger partial charge in [-0.1, -0.05) is 6.07 Å². The van der Waals surface area contributed by atoms with E-state index in [2.05, 4.69) is 5.32 Å². The van der Waals surface area contributed by atoms with Gasteiger partial charge in [0.1, 0.15) is 0 Å². The van der Waals surface area contributed by atoms with Crippen molar-refractivity contribution in [1.29, 1.82) is 0 Å². The molecule has 0 spiro atoms. The number of alkyl halides is 3. The molecule has 2 heterocycles. The highest BCUT2D eigenvalue weighted by Gasteiger charge is 2.37. The molecule has 1 aromatic carbocycles. The number of hydrogen-bond donors (Lipinski definition) is 1. The monoisotopic (exact) mass is 313 g/mol. The van der Waals surface area contributed by atoms with E-state index in [1.165, 1.54) is 6.07 Å². The van der Waals surface area contributed by atoms with Crippen molar-refractivity contribution >= 4 is 5.78 Å². The smallest absolute Gasteiger partial charge is 0.378 e. The zero-order valence-electron chi connectivity index (χ0n) is 12.2. The molecule has 120 valence electrons. The summed E-state index contributed by atoms with van der Waals surface area (Å²) in [4.78, 5) is 12.7. The summed E-state index contributed by atoms with van der Waals surface area (Å²) in [6, 6.07) is 3.63. The highest BCUT2D eigenvalue weighted by molar-refractivity contribution is 5.99. The number of ketones is 1. The predicted molar refractivity (Wildman–Crippen MR) is 74.8 cm³/mol. The van der Waals surface area contributed by atoms with Crippen LogP contribution in [0.25, 0.3) is 0 Å². The Balaban J connectivity index is 1.85. The minimum atomic E-state index is -4.43. The second-order valence-corrected chi connectivity index (χ2v) is 6.16. The zero-order valence-corrected chi connectivity index (χ0v) is 12.2. The van der Waals surface area contributed by atoms with Crippen LogP contribution in [-0.2, 0) is 10.9 Å². The van der Waals surface area contributed by atoms with E-state index in [-0.39, 0.29) is 29.3 Å². The molecule has 3 rings (SSSR count). The standard InChI is InChI=1S/C16H18F3NO2/c1-9-2-3-11(16(17,18)19)6-14(9)15(21)10-4-12-7-22-8-13(5-10)20-12/h2-3,6,10,12-13,20H,4-5,7-8H2,1H3. The maximum absolute atomic E-state index is 12.9. The largest absolute Gasteiger partial charge is 0.416 e. The van der Waals surface area contributed by atoms with E-state index in [1.54, 1.807) is 6.92 Å². The Bertz CT molecular complexity index is 573. The molecule has 2 atom stereocenters. The summed E-state index contributed by atoms with van der Waals surface area (Å²) in [5, 5.41) is 3.38. The Hall–Kier alpha value is -1.40. The first-order chi connectivity index (χ1) is 10.3. The number of Topliss-reactive ketones (excluding diaryl/α,β-unsaturated/α-hetero) is 1. The summed E-state index contributed by atoms with van der Waals surface area (Å²) < 4.78 is 44.0. The van der Waals surface area contributed by atoms with Crippen LogP contribution in [0.2, 0.25) is 0 Å².